The molecule has 3 aromatic heterocycles. The molecule has 3 aromatic rings. The van der Waals surface area contributed by atoms with E-state index in [0.29, 0.717) is 6.54 Å². The molecule has 8 nitrogen and oxygen atoms in total. The summed E-state index contributed by atoms with van der Waals surface area (Å²) in [5, 5.41) is 5.72. The molecule has 4 heterocycles. The average Bonchev–Trinajstić information content (AvgIpc) is 3.36. The molecule has 1 aliphatic heterocycles. The van der Waals surface area contributed by atoms with Crippen LogP contribution in [0.1, 0.15) is 23.8 Å². The zero-order valence-electron chi connectivity index (χ0n) is 13.2. The first-order valence-electron chi connectivity index (χ1n) is 7.91. The summed E-state index contributed by atoms with van der Waals surface area (Å²) in [6, 6.07) is 5.75. The molecule has 9 heteroatoms. The van der Waals surface area contributed by atoms with Crippen LogP contribution in [-0.2, 0) is 11.3 Å². The van der Waals surface area contributed by atoms with Crippen LogP contribution in [0.5, 0.6) is 0 Å². The van der Waals surface area contributed by atoms with Crippen molar-refractivity contribution in [3.63, 3.8) is 0 Å². The Hall–Kier alpha value is -2.81. The van der Waals surface area contributed by atoms with Crippen LogP contribution in [0, 0.1) is 0 Å². The number of likely N-dealkylation sites (tertiary alicyclic amines) is 1. The number of carbonyl (C=O) groups is 1. The van der Waals surface area contributed by atoms with Crippen LogP contribution in [-0.4, -0.2) is 37.0 Å². The second kappa shape index (κ2) is 6.60. The highest BCUT2D eigenvalue weighted by atomic mass is 32.1. The van der Waals surface area contributed by atoms with Gasteiger partial charge in [-0.3, -0.25) is 9.32 Å². The van der Waals surface area contributed by atoms with Crippen molar-refractivity contribution in [2.75, 3.05) is 6.54 Å². The highest BCUT2D eigenvalue weighted by molar-refractivity contribution is 7.10. The topological polar surface area (TPSA) is 94.1 Å². The van der Waals surface area contributed by atoms with Gasteiger partial charge in [0.1, 0.15) is 6.54 Å². The highest BCUT2D eigenvalue weighted by Crippen LogP contribution is 2.34. The highest BCUT2D eigenvalue weighted by Gasteiger charge is 2.31. The lowest BCUT2D eigenvalue weighted by atomic mass is 10.2. The lowest BCUT2D eigenvalue weighted by molar-refractivity contribution is -0.132. The third kappa shape index (κ3) is 2.98. The predicted molar refractivity (Wildman–Crippen MR) is 89.8 cm³/mol. The molecule has 0 saturated carbocycles. The smallest absolute Gasteiger partial charge is 0.333 e. The summed E-state index contributed by atoms with van der Waals surface area (Å²) in [5.74, 6) is -0.427. The fourth-order valence-electron chi connectivity index (χ4n) is 3.05. The third-order valence-electron chi connectivity index (χ3n) is 4.19. The molecule has 25 heavy (non-hydrogen) atoms. The molecule has 1 atom stereocenters. The van der Waals surface area contributed by atoms with Crippen molar-refractivity contribution < 1.29 is 9.32 Å². The van der Waals surface area contributed by atoms with Gasteiger partial charge in [0.15, 0.2) is 5.82 Å². The van der Waals surface area contributed by atoms with Gasteiger partial charge in [0.25, 0.3) is 0 Å². The van der Waals surface area contributed by atoms with Crippen LogP contribution < -0.4 is 5.76 Å². The van der Waals surface area contributed by atoms with Gasteiger partial charge >= 0.3 is 5.76 Å². The number of hydrogen-bond donors (Lipinski definition) is 0. The van der Waals surface area contributed by atoms with E-state index in [1.807, 2.05) is 22.4 Å². The van der Waals surface area contributed by atoms with Gasteiger partial charge in [-0.05, 0) is 30.4 Å². The monoisotopic (exact) mass is 357 g/mol. The molecular weight excluding hydrogens is 342 g/mol. The minimum atomic E-state index is -0.692. The molecule has 1 saturated heterocycles. The first-order valence-corrected chi connectivity index (χ1v) is 8.79. The molecule has 0 aromatic carbocycles. The summed E-state index contributed by atoms with van der Waals surface area (Å²) in [5.41, 5.74) is 0. The van der Waals surface area contributed by atoms with Gasteiger partial charge in [0.2, 0.25) is 11.7 Å². The third-order valence-corrected chi connectivity index (χ3v) is 5.16. The Morgan fingerprint density at radius 3 is 2.92 bits per heavy atom. The molecule has 128 valence electrons. The van der Waals surface area contributed by atoms with E-state index < -0.39 is 5.76 Å². The van der Waals surface area contributed by atoms with E-state index >= 15 is 0 Å². The van der Waals surface area contributed by atoms with E-state index in [1.54, 1.807) is 29.8 Å². The maximum Gasteiger partial charge on any atom is 0.442 e. The van der Waals surface area contributed by atoms with Crippen LogP contribution in [0.25, 0.3) is 11.6 Å². The van der Waals surface area contributed by atoms with Crippen molar-refractivity contribution in [1.29, 1.82) is 0 Å². The van der Waals surface area contributed by atoms with E-state index in [-0.39, 0.29) is 30.1 Å². The van der Waals surface area contributed by atoms with Crippen LogP contribution in [0.15, 0.2) is 45.3 Å². The number of nitrogens with zero attached hydrogens (tertiary/aromatic N) is 5. The maximum absolute atomic E-state index is 12.8. The van der Waals surface area contributed by atoms with Crippen molar-refractivity contribution in [2.24, 2.45) is 0 Å². The molecular formula is C16H15N5O3S. The van der Waals surface area contributed by atoms with E-state index in [0.717, 1.165) is 17.7 Å². The van der Waals surface area contributed by atoms with Gasteiger partial charge in [-0.15, -0.1) is 11.3 Å². The van der Waals surface area contributed by atoms with Crippen LogP contribution in [0.4, 0.5) is 0 Å². The van der Waals surface area contributed by atoms with Gasteiger partial charge in [0, 0.05) is 23.8 Å². The Bertz CT molecular complexity index is 919. The molecule has 1 unspecified atom stereocenters. The van der Waals surface area contributed by atoms with E-state index in [2.05, 4.69) is 15.1 Å². The summed E-state index contributed by atoms with van der Waals surface area (Å²) in [6.45, 7) is 0.538. The van der Waals surface area contributed by atoms with Gasteiger partial charge < -0.3 is 4.90 Å². The fraction of sp³-hybridized carbons (Fsp3) is 0.312. The number of carbonyl (C=O) groups excluding carboxylic acids is 1. The summed E-state index contributed by atoms with van der Waals surface area (Å²) in [7, 11) is 0. The van der Waals surface area contributed by atoms with Crippen LogP contribution in [0.2, 0.25) is 0 Å². The molecule has 1 amide bonds. The number of amides is 1. The molecule has 0 N–H and O–H groups in total. The summed E-state index contributed by atoms with van der Waals surface area (Å²) >= 11 is 1.64. The molecule has 0 spiro atoms. The number of aromatic nitrogens is 4. The molecule has 0 radical (unpaired) electrons. The number of hydrogen-bond acceptors (Lipinski definition) is 7. The van der Waals surface area contributed by atoms with Crippen molar-refractivity contribution in [1.82, 2.24) is 24.6 Å². The molecule has 4 rings (SSSR count). The molecule has 1 aliphatic rings. The van der Waals surface area contributed by atoms with Gasteiger partial charge in [-0.2, -0.15) is 0 Å². The second-order valence-electron chi connectivity index (χ2n) is 5.69. The minimum Gasteiger partial charge on any atom is -0.333 e. The zero-order chi connectivity index (χ0) is 17.2. The van der Waals surface area contributed by atoms with Gasteiger partial charge in [-0.25, -0.2) is 19.3 Å². The van der Waals surface area contributed by atoms with Crippen molar-refractivity contribution in [3.05, 3.63) is 51.4 Å². The van der Waals surface area contributed by atoms with E-state index in [9.17, 15) is 9.59 Å². The summed E-state index contributed by atoms with van der Waals surface area (Å²) < 4.78 is 5.90. The zero-order valence-corrected chi connectivity index (χ0v) is 14.1. The van der Waals surface area contributed by atoms with Crippen molar-refractivity contribution in [3.8, 4) is 11.6 Å². The SMILES string of the molecule is O=C(Cn1c(-c2ncccn2)noc1=O)N1CCCC1c1cccs1. The molecule has 1 fully saturated rings. The van der Waals surface area contributed by atoms with Crippen molar-refractivity contribution >= 4 is 17.2 Å². The van der Waals surface area contributed by atoms with E-state index in [1.165, 1.54) is 4.57 Å². The number of thiophene rings is 1. The molecule has 0 aliphatic carbocycles. The fourth-order valence-corrected chi connectivity index (χ4v) is 3.92. The first-order chi connectivity index (χ1) is 12.2. The van der Waals surface area contributed by atoms with Gasteiger partial charge in [-0.1, -0.05) is 11.2 Å². The standard InChI is InChI=1S/C16H15N5O3S/c22-13(20-8-1-4-11(20)12-5-2-9-25-12)10-21-15(19-24-16(21)23)14-17-6-3-7-18-14/h2-3,5-7,9,11H,1,4,8,10H2. The Kier molecular flexibility index (Phi) is 4.14. The maximum atomic E-state index is 12.8. The summed E-state index contributed by atoms with van der Waals surface area (Å²) in [4.78, 5) is 35.9. The Labute approximate surface area is 146 Å². The van der Waals surface area contributed by atoms with Crippen LogP contribution in [0.3, 0.4) is 0 Å². The second-order valence-corrected chi connectivity index (χ2v) is 6.67. The predicted octanol–water partition coefficient (Wildman–Crippen LogP) is 1.72. The largest absolute Gasteiger partial charge is 0.442 e. The quantitative estimate of drug-likeness (QED) is 0.706. The van der Waals surface area contributed by atoms with E-state index in [4.69, 9.17) is 4.52 Å². The Morgan fingerprint density at radius 2 is 2.16 bits per heavy atom. The Morgan fingerprint density at radius 1 is 1.32 bits per heavy atom. The average molecular weight is 357 g/mol. The normalized spacial score (nSPS) is 17.1. The van der Waals surface area contributed by atoms with Crippen molar-refractivity contribution in [2.45, 2.75) is 25.4 Å². The lowest BCUT2D eigenvalue weighted by Gasteiger charge is -2.24. The first kappa shape index (κ1) is 15.7. The van der Waals surface area contributed by atoms with Crippen LogP contribution >= 0.6 is 11.3 Å². The number of rotatable bonds is 4. The summed E-state index contributed by atoms with van der Waals surface area (Å²) in [6.07, 6.45) is 4.96. The lowest BCUT2D eigenvalue weighted by Crippen LogP contribution is -2.35. The Balaban J connectivity index is 1.59. The van der Waals surface area contributed by atoms with Gasteiger partial charge in [0.05, 0.1) is 6.04 Å². The minimum absolute atomic E-state index is 0.0690. The molecule has 0 bridgehead atoms.